The molecule has 3 rings (SSSR count). The van der Waals surface area contributed by atoms with Gasteiger partial charge in [0.05, 0.1) is 27.7 Å². The van der Waals surface area contributed by atoms with Gasteiger partial charge >= 0.3 is 12.1 Å². The maximum atomic E-state index is 13.1. The van der Waals surface area contributed by atoms with Crippen molar-refractivity contribution < 1.29 is 22.7 Å². The first-order valence-electron chi connectivity index (χ1n) is 11.2. The number of benzene rings is 3. The van der Waals surface area contributed by atoms with E-state index in [1.165, 1.54) is 30.5 Å². The van der Waals surface area contributed by atoms with Crippen molar-refractivity contribution >= 4 is 40.4 Å². The number of carbonyl (C=O) groups is 1. The van der Waals surface area contributed by atoms with E-state index in [4.69, 9.17) is 27.8 Å². The predicted octanol–water partition coefficient (Wildman–Crippen LogP) is 6.66. The van der Waals surface area contributed by atoms with Crippen molar-refractivity contribution in [2.24, 2.45) is 21.5 Å². The lowest BCUT2D eigenvalue weighted by Gasteiger charge is -2.10. The third-order valence-corrected chi connectivity index (χ3v) is 5.53. The number of alkyl halides is 3. The first-order valence-corrected chi connectivity index (χ1v) is 11.6. The van der Waals surface area contributed by atoms with Crippen molar-refractivity contribution in [1.82, 2.24) is 0 Å². The van der Waals surface area contributed by atoms with E-state index in [0.717, 1.165) is 5.69 Å². The molecule has 0 aliphatic rings. The number of carbonyl (C=O) groups excluding carboxylic acids is 1. The van der Waals surface area contributed by atoms with Gasteiger partial charge in [0.2, 0.25) is 0 Å². The summed E-state index contributed by atoms with van der Waals surface area (Å²) in [5.74, 6) is -0.654. The lowest BCUT2D eigenvalue weighted by atomic mass is 10.1. The second-order valence-electron chi connectivity index (χ2n) is 7.92. The monoisotopic (exact) mass is 540 g/mol. The highest BCUT2D eigenvalue weighted by Gasteiger charge is 2.31. The number of halogens is 4. The van der Waals surface area contributed by atoms with Crippen LogP contribution in [0.5, 0.6) is 0 Å². The Balaban J connectivity index is 1.80. The lowest BCUT2D eigenvalue weighted by molar-refractivity contribution is -0.0925. The summed E-state index contributed by atoms with van der Waals surface area (Å²) < 4.78 is 44.7. The zero-order valence-electron chi connectivity index (χ0n) is 20.2. The Morgan fingerprint density at radius 3 is 2.16 bits per heavy atom. The summed E-state index contributed by atoms with van der Waals surface area (Å²) in [5, 5.41) is 0.249. The van der Waals surface area contributed by atoms with Gasteiger partial charge in [-0.3, -0.25) is 4.99 Å². The molecule has 0 atom stereocenters. The maximum Gasteiger partial charge on any atom is 0.430 e. The fourth-order valence-electron chi connectivity index (χ4n) is 3.13. The number of hydrogen-bond acceptors (Lipinski definition) is 6. The quantitative estimate of drug-likeness (QED) is 0.246. The molecule has 0 amide bonds. The Morgan fingerprint density at radius 2 is 1.55 bits per heavy atom. The van der Waals surface area contributed by atoms with Crippen LogP contribution in [0.1, 0.15) is 22.8 Å². The molecule has 10 heteroatoms. The van der Waals surface area contributed by atoms with E-state index in [-0.39, 0.29) is 34.2 Å². The van der Waals surface area contributed by atoms with Gasteiger partial charge in [0.1, 0.15) is 12.3 Å². The number of ether oxygens (including phenoxy) is 1. The van der Waals surface area contributed by atoms with Gasteiger partial charge in [-0.1, -0.05) is 54.1 Å². The van der Waals surface area contributed by atoms with Gasteiger partial charge in [-0.05, 0) is 49.4 Å². The van der Waals surface area contributed by atoms with Gasteiger partial charge < -0.3 is 16.2 Å². The molecule has 38 heavy (non-hydrogen) atoms. The minimum Gasteiger partial charge on any atom is -0.457 e. The highest BCUT2D eigenvalue weighted by atomic mass is 35.5. The molecule has 196 valence electrons. The van der Waals surface area contributed by atoms with E-state index in [9.17, 15) is 18.0 Å². The molecule has 0 aromatic heterocycles. The summed E-state index contributed by atoms with van der Waals surface area (Å²) in [6.45, 7) is 1.62. The second-order valence-corrected chi connectivity index (χ2v) is 8.33. The van der Waals surface area contributed by atoms with E-state index in [2.05, 4.69) is 9.98 Å². The molecule has 3 aromatic carbocycles. The number of hydrogen-bond donors (Lipinski definition) is 2. The summed E-state index contributed by atoms with van der Waals surface area (Å²) in [6, 6.07) is 21.3. The Kier molecular flexibility index (Phi) is 9.45. The summed E-state index contributed by atoms with van der Waals surface area (Å²) >= 11 is 6.12. The standard InChI is InChI=1S/C28H24ClF3N4O2/c1-18(35-22-7-3-2-4-8-22)21(16-33)17-38-27(37)20-13-11-19(12-14-20)25(15-26(34)28(30,31)32)36-24-10-6-5-9-23(24)29/h2-16H,17,33-34H2,1H3. The number of esters is 1. The molecule has 0 radical (unpaired) electrons. The van der Waals surface area contributed by atoms with Crippen LogP contribution in [-0.4, -0.2) is 30.2 Å². The Labute approximate surface area is 222 Å². The fourth-order valence-corrected chi connectivity index (χ4v) is 3.30. The smallest absolute Gasteiger partial charge is 0.430 e. The van der Waals surface area contributed by atoms with Crippen LogP contribution in [0.3, 0.4) is 0 Å². The fraction of sp³-hybridized carbons (Fsp3) is 0.107. The van der Waals surface area contributed by atoms with Crippen molar-refractivity contribution in [3.63, 3.8) is 0 Å². The van der Waals surface area contributed by atoms with Crippen LogP contribution in [0.4, 0.5) is 24.5 Å². The van der Waals surface area contributed by atoms with E-state index in [1.54, 1.807) is 31.2 Å². The average molecular weight is 541 g/mol. The van der Waals surface area contributed by atoms with Gasteiger partial charge in [0.15, 0.2) is 0 Å². The van der Waals surface area contributed by atoms with Gasteiger partial charge in [0.25, 0.3) is 0 Å². The third-order valence-electron chi connectivity index (χ3n) is 5.21. The first-order chi connectivity index (χ1) is 18.1. The van der Waals surface area contributed by atoms with E-state index >= 15 is 0 Å². The topological polar surface area (TPSA) is 103 Å². The normalized spacial score (nSPS) is 13.4. The van der Waals surface area contributed by atoms with Gasteiger partial charge in [-0.2, -0.15) is 13.2 Å². The molecular formula is C28H24ClF3N4O2. The average Bonchev–Trinajstić information content (AvgIpc) is 2.89. The van der Waals surface area contributed by atoms with E-state index < -0.39 is 17.8 Å². The largest absolute Gasteiger partial charge is 0.457 e. The van der Waals surface area contributed by atoms with E-state index in [1.807, 2.05) is 30.3 Å². The van der Waals surface area contributed by atoms with Gasteiger partial charge in [-0.15, -0.1) is 0 Å². The molecule has 0 saturated heterocycles. The van der Waals surface area contributed by atoms with Crippen molar-refractivity contribution in [1.29, 1.82) is 0 Å². The van der Waals surface area contributed by atoms with Crippen molar-refractivity contribution in [2.45, 2.75) is 13.1 Å². The Hall–Kier alpha value is -4.37. The van der Waals surface area contributed by atoms with Crippen molar-refractivity contribution in [3.8, 4) is 0 Å². The van der Waals surface area contributed by atoms with Crippen LogP contribution in [0.15, 0.2) is 112 Å². The minimum absolute atomic E-state index is 0.0889. The number of rotatable bonds is 8. The number of aliphatic imine (C=N–C) groups is 2. The molecule has 0 saturated carbocycles. The Morgan fingerprint density at radius 1 is 0.947 bits per heavy atom. The molecule has 3 aromatic rings. The van der Waals surface area contributed by atoms with Gasteiger partial charge in [-0.25, -0.2) is 9.79 Å². The summed E-state index contributed by atoms with van der Waals surface area (Å²) in [4.78, 5) is 21.3. The van der Waals surface area contributed by atoms with Crippen LogP contribution in [0.2, 0.25) is 5.02 Å². The number of para-hydroxylation sites is 2. The van der Waals surface area contributed by atoms with Crippen LogP contribution in [-0.2, 0) is 4.74 Å². The molecule has 0 unspecified atom stereocenters. The molecule has 4 N–H and O–H groups in total. The minimum atomic E-state index is -4.75. The summed E-state index contributed by atoms with van der Waals surface area (Å²) in [6.07, 6.45) is -2.72. The number of nitrogens with zero attached hydrogens (tertiary/aromatic N) is 2. The molecule has 0 spiro atoms. The van der Waals surface area contributed by atoms with Crippen molar-refractivity contribution in [2.75, 3.05) is 6.61 Å². The lowest BCUT2D eigenvalue weighted by Crippen LogP contribution is -2.21. The van der Waals surface area contributed by atoms with Gasteiger partial charge in [0, 0.05) is 23.0 Å². The van der Waals surface area contributed by atoms with Crippen molar-refractivity contribution in [3.05, 3.63) is 119 Å². The molecular weight excluding hydrogens is 517 g/mol. The van der Waals surface area contributed by atoms with Crippen LogP contribution in [0.25, 0.3) is 0 Å². The Bertz CT molecular complexity index is 1400. The van der Waals surface area contributed by atoms with Crippen LogP contribution >= 0.6 is 11.6 Å². The number of allylic oxidation sites excluding steroid dienone is 2. The highest BCUT2D eigenvalue weighted by molar-refractivity contribution is 6.33. The molecule has 0 fully saturated rings. The third kappa shape index (κ3) is 7.81. The zero-order valence-corrected chi connectivity index (χ0v) is 21.0. The highest BCUT2D eigenvalue weighted by Crippen LogP contribution is 2.27. The second kappa shape index (κ2) is 12.7. The molecule has 0 bridgehead atoms. The predicted molar refractivity (Wildman–Crippen MR) is 144 cm³/mol. The first kappa shape index (κ1) is 28.2. The SMILES string of the molecule is CC(=Nc1ccccc1)C(=CN)COC(=O)c1ccc(C(C=C(N)C(F)(F)F)=Nc2ccccc2Cl)cc1. The molecule has 6 nitrogen and oxygen atoms in total. The zero-order chi connectivity index (χ0) is 27.7. The summed E-state index contributed by atoms with van der Waals surface area (Å²) in [5.41, 5.74) is 12.0. The van der Waals surface area contributed by atoms with E-state index in [0.29, 0.717) is 17.4 Å². The molecule has 0 heterocycles. The summed E-state index contributed by atoms with van der Waals surface area (Å²) in [7, 11) is 0. The molecule has 0 aliphatic carbocycles. The van der Waals surface area contributed by atoms with Crippen LogP contribution in [0, 0.1) is 0 Å². The number of nitrogens with two attached hydrogens (primary N) is 2. The van der Waals surface area contributed by atoms with Crippen LogP contribution < -0.4 is 11.5 Å². The maximum absolute atomic E-state index is 13.1. The molecule has 0 aliphatic heterocycles.